The van der Waals surface area contributed by atoms with Gasteiger partial charge in [0.05, 0.1) is 56.3 Å². The molecule has 6 heteroatoms. The quantitative estimate of drug-likeness (QED) is 0.177. The van der Waals surface area contributed by atoms with Gasteiger partial charge < -0.3 is 18.0 Å². The van der Waals surface area contributed by atoms with Gasteiger partial charge >= 0.3 is 0 Å². The summed E-state index contributed by atoms with van der Waals surface area (Å²) < 4.78 is 17.2. The number of benzene rings is 7. The van der Waals surface area contributed by atoms with Gasteiger partial charge in [-0.1, -0.05) is 78.9 Å². The van der Waals surface area contributed by atoms with E-state index in [1.54, 1.807) is 0 Å². The maximum atomic E-state index is 11.1. The third-order valence-corrected chi connectivity index (χ3v) is 10.2. The lowest BCUT2D eigenvalue weighted by Gasteiger charge is -2.17. The van der Waals surface area contributed by atoms with E-state index in [9.17, 15) is 5.26 Å². The molecule has 0 amide bonds. The molecule has 0 radical (unpaired) electrons. The molecule has 0 bridgehead atoms. The molecule has 0 N–H and O–H groups in total. The fourth-order valence-electron chi connectivity index (χ4n) is 8.15. The summed E-state index contributed by atoms with van der Waals surface area (Å²) in [6, 6.07) is 47.2. The van der Waals surface area contributed by atoms with Crippen LogP contribution in [0.15, 0.2) is 142 Å². The first-order valence-corrected chi connectivity index (χ1v) is 16.4. The van der Waals surface area contributed by atoms with Crippen LogP contribution >= 0.6 is 0 Å². The van der Waals surface area contributed by atoms with E-state index in [1.165, 1.54) is 0 Å². The van der Waals surface area contributed by atoms with Gasteiger partial charge in [0.1, 0.15) is 28.4 Å². The van der Waals surface area contributed by atoms with Gasteiger partial charge in [-0.15, -0.1) is 0 Å². The molecule has 0 aliphatic heterocycles. The van der Waals surface area contributed by atoms with Gasteiger partial charge in [0.25, 0.3) is 0 Å². The number of rotatable bonds is 2. The predicted octanol–water partition coefficient (Wildman–Crippen LogP) is 12.1. The van der Waals surface area contributed by atoms with Gasteiger partial charge in [0.15, 0.2) is 0 Å². The second-order valence-corrected chi connectivity index (χ2v) is 12.6. The molecule has 4 heterocycles. The Kier molecular flexibility index (Phi) is 5.16. The van der Waals surface area contributed by atoms with E-state index in [-0.39, 0.29) is 0 Å². The zero-order chi connectivity index (χ0) is 33.1. The highest BCUT2D eigenvalue weighted by Crippen LogP contribution is 2.45. The average Bonchev–Trinajstić information content (AvgIpc) is 3.91. The number of hydrogen-bond donors (Lipinski definition) is 0. The number of hydrogen-bond acceptors (Lipinski definition) is 3. The van der Waals surface area contributed by atoms with E-state index in [0.717, 1.165) is 87.5 Å². The summed E-state index contributed by atoms with van der Waals surface area (Å²) in [7, 11) is 0. The second-order valence-electron chi connectivity index (χ2n) is 12.6. The minimum absolute atomic E-state index is 0.387. The molecule has 7 aromatic carbocycles. The highest BCUT2D eigenvalue weighted by molar-refractivity contribution is 6.25. The summed E-state index contributed by atoms with van der Waals surface area (Å²) in [5, 5.41) is 19.2. The maximum Gasteiger partial charge on any atom is 0.212 e. The first-order chi connectivity index (χ1) is 24.7. The molecule has 230 valence electrons. The zero-order valence-electron chi connectivity index (χ0n) is 26.3. The van der Waals surface area contributed by atoms with E-state index in [0.29, 0.717) is 22.6 Å². The van der Waals surface area contributed by atoms with Crippen LogP contribution in [0.4, 0.5) is 5.69 Å². The molecule has 0 fully saturated rings. The molecule has 0 atom stereocenters. The Labute approximate surface area is 283 Å². The minimum atomic E-state index is 0.387. The summed E-state index contributed by atoms with van der Waals surface area (Å²) >= 11 is 0. The number of furan rings is 2. The van der Waals surface area contributed by atoms with Crippen LogP contribution < -0.4 is 0 Å². The highest BCUT2D eigenvalue weighted by Gasteiger charge is 2.26. The summed E-state index contributed by atoms with van der Waals surface area (Å²) in [5.41, 5.74) is 8.88. The monoisotopic (exact) mass is 638 g/mol. The fraction of sp³-hybridized carbons (Fsp3) is 0. The van der Waals surface area contributed by atoms with Crippen LogP contribution in [-0.4, -0.2) is 9.13 Å². The molecule has 0 aliphatic carbocycles. The Morgan fingerprint density at radius 1 is 0.500 bits per heavy atom. The smallest absolute Gasteiger partial charge is 0.212 e. The summed E-state index contributed by atoms with van der Waals surface area (Å²) in [6.45, 7) is 8.29. The van der Waals surface area contributed by atoms with Crippen LogP contribution in [0.3, 0.4) is 0 Å². The van der Waals surface area contributed by atoms with Crippen molar-refractivity contribution in [3.05, 3.63) is 150 Å². The normalized spacial score (nSPS) is 12.0. The van der Waals surface area contributed by atoms with E-state index in [4.69, 9.17) is 15.4 Å². The Balaban J connectivity index is 1.28. The Hall–Kier alpha value is -7.28. The van der Waals surface area contributed by atoms with E-state index < -0.39 is 0 Å². The molecule has 11 aromatic rings. The minimum Gasteiger partial charge on any atom is -0.455 e. The first-order valence-electron chi connectivity index (χ1n) is 16.4. The van der Waals surface area contributed by atoms with Crippen molar-refractivity contribution in [1.82, 2.24) is 9.13 Å². The molecule has 0 saturated heterocycles. The van der Waals surface area contributed by atoms with Crippen molar-refractivity contribution in [3.63, 3.8) is 0 Å². The summed E-state index contributed by atoms with van der Waals surface area (Å²) in [4.78, 5) is 3.99. The Morgan fingerprint density at radius 3 is 1.56 bits per heavy atom. The fourth-order valence-corrected chi connectivity index (χ4v) is 8.15. The Bertz CT molecular complexity index is 3360. The molecular weight excluding hydrogens is 617 g/mol. The van der Waals surface area contributed by atoms with Crippen molar-refractivity contribution in [2.45, 2.75) is 0 Å². The molecule has 50 heavy (non-hydrogen) atoms. The van der Waals surface area contributed by atoms with Crippen molar-refractivity contribution >= 4 is 93.2 Å². The third kappa shape index (κ3) is 3.29. The Morgan fingerprint density at radius 2 is 1.00 bits per heavy atom. The van der Waals surface area contributed by atoms with Crippen LogP contribution in [-0.2, 0) is 0 Å². The number of nitrogens with zero attached hydrogens (tertiary/aromatic N) is 4. The van der Waals surface area contributed by atoms with Crippen molar-refractivity contribution in [2.24, 2.45) is 0 Å². The van der Waals surface area contributed by atoms with Crippen molar-refractivity contribution in [3.8, 4) is 17.4 Å². The lowest BCUT2D eigenvalue weighted by Crippen LogP contribution is -2.04. The number of nitriles is 1. The SMILES string of the molecule is [C-]#[N+]c1ccc(-n2c3ccccc3c3c4oc5ccccc5c4ccc32)c(C#N)c1-n1c2ccccc2c2c3oc4ccccc4c3ccc21. The molecule has 11 rings (SSSR count). The largest absolute Gasteiger partial charge is 0.455 e. The van der Waals surface area contributed by atoms with Gasteiger partial charge in [0, 0.05) is 32.3 Å². The second kappa shape index (κ2) is 9.64. The van der Waals surface area contributed by atoms with E-state index >= 15 is 0 Å². The molecule has 0 aliphatic rings. The van der Waals surface area contributed by atoms with Gasteiger partial charge in [-0.25, -0.2) is 4.85 Å². The van der Waals surface area contributed by atoms with Crippen molar-refractivity contribution in [2.75, 3.05) is 0 Å². The molecule has 4 aromatic heterocycles. The van der Waals surface area contributed by atoms with Crippen LogP contribution in [0.2, 0.25) is 0 Å². The number of para-hydroxylation sites is 4. The lowest BCUT2D eigenvalue weighted by molar-refractivity contribution is 0.672. The van der Waals surface area contributed by atoms with Gasteiger partial charge in [-0.2, -0.15) is 5.26 Å². The van der Waals surface area contributed by atoms with Crippen LogP contribution in [0.25, 0.3) is 104 Å². The van der Waals surface area contributed by atoms with Crippen LogP contribution in [0.5, 0.6) is 0 Å². The molecule has 6 nitrogen and oxygen atoms in total. The third-order valence-electron chi connectivity index (χ3n) is 10.2. The average molecular weight is 639 g/mol. The number of fused-ring (bicyclic) bond motifs is 14. The molecule has 0 spiro atoms. The van der Waals surface area contributed by atoms with Crippen molar-refractivity contribution in [1.29, 1.82) is 5.26 Å². The zero-order valence-corrected chi connectivity index (χ0v) is 26.3. The van der Waals surface area contributed by atoms with Gasteiger partial charge in [-0.3, -0.25) is 0 Å². The summed E-state index contributed by atoms with van der Waals surface area (Å²) in [6.07, 6.45) is 0. The molecular formula is C44H22N4O2. The molecule has 0 saturated carbocycles. The van der Waals surface area contributed by atoms with Gasteiger partial charge in [0.2, 0.25) is 5.69 Å². The summed E-state index contributed by atoms with van der Waals surface area (Å²) in [5.74, 6) is 0. The van der Waals surface area contributed by atoms with Crippen molar-refractivity contribution < 1.29 is 8.83 Å². The molecule has 0 unspecified atom stereocenters. The number of aromatic nitrogens is 2. The highest BCUT2D eigenvalue weighted by atomic mass is 16.3. The standard InChI is InChI=1S/C44H22N4O2/c1-46-32-20-23-35(47-33-14-6-2-12-29(33)40-36(47)21-18-27-25-10-4-8-16-38(25)49-43(27)40)31(24-45)42(32)48-34-15-7-3-13-30(34)41-37(48)22-19-28-26-11-5-9-17-39(26)50-44(28)41/h2-23H. The van der Waals surface area contributed by atoms with Gasteiger partial charge in [-0.05, 0) is 54.6 Å². The first kappa shape index (κ1) is 26.8. The van der Waals surface area contributed by atoms with E-state index in [2.05, 4.69) is 74.6 Å². The lowest BCUT2D eigenvalue weighted by atomic mass is 10.1. The topological polar surface area (TPSA) is 64.3 Å². The van der Waals surface area contributed by atoms with Crippen LogP contribution in [0.1, 0.15) is 5.56 Å². The maximum absolute atomic E-state index is 11.1. The predicted molar refractivity (Wildman–Crippen MR) is 201 cm³/mol. The van der Waals surface area contributed by atoms with E-state index in [1.807, 2.05) is 78.9 Å². The van der Waals surface area contributed by atoms with Crippen LogP contribution in [0, 0.1) is 17.9 Å².